The Hall–Kier alpha value is -1.68. The largest absolute Gasteiger partial charge is 0.493 e. The molecule has 0 amide bonds. The molecule has 0 N–H and O–H groups in total. The first-order valence-electron chi connectivity index (χ1n) is 5.82. The van der Waals surface area contributed by atoms with Crippen molar-refractivity contribution in [2.24, 2.45) is 0 Å². The van der Waals surface area contributed by atoms with Gasteiger partial charge in [0.15, 0.2) is 11.3 Å². The number of carbonyl (C=O) groups is 1. The van der Waals surface area contributed by atoms with Crippen molar-refractivity contribution in [2.45, 2.75) is 20.8 Å². The van der Waals surface area contributed by atoms with E-state index >= 15 is 0 Å². The first kappa shape index (κ1) is 12.8. The molecule has 0 spiro atoms. The SMILES string of the molecule is CCOc1ccc(C)cc1-c1nc(C=O)sc1C. The number of aldehydes is 1. The summed E-state index contributed by atoms with van der Waals surface area (Å²) in [6.07, 6.45) is 0.789. The van der Waals surface area contributed by atoms with Gasteiger partial charge in [0.25, 0.3) is 0 Å². The summed E-state index contributed by atoms with van der Waals surface area (Å²) < 4.78 is 5.62. The molecule has 0 aliphatic rings. The fourth-order valence-electron chi connectivity index (χ4n) is 1.83. The summed E-state index contributed by atoms with van der Waals surface area (Å²) in [5.41, 5.74) is 2.95. The van der Waals surface area contributed by atoms with Gasteiger partial charge in [-0.05, 0) is 32.9 Å². The van der Waals surface area contributed by atoms with E-state index < -0.39 is 0 Å². The van der Waals surface area contributed by atoms with Gasteiger partial charge in [-0.15, -0.1) is 11.3 Å². The van der Waals surface area contributed by atoms with Crippen LogP contribution in [-0.2, 0) is 0 Å². The average Bonchev–Trinajstić information content (AvgIpc) is 2.73. The summed E-state index contributed by atoms with van der Waals surface area (Å²) in [4.78, 5) is 16.2. The van der Waals surface area contributed by atoms with E-state index in [1.165, 1.54) is 11.3 Å². The average molecular weight is 261 g/mol. The van der Waals surface area contributed by atoms with Crippen molar-refractivity contribution >= 4 is 17.6 Å². The van der Waals surface area contributed by atoms with E-state index in [4.69, 9.17) is 4.74 Å². The molecule has 0 radical (unpaired) electrons. The molecule has 0 aliphatic carbocycles. The molecule has 0 saturated carbocycles. The highest BCUT2D eigenvalue weighted by atomic mass is 32.1. The summed E-state index contributed by atoms with van der Waals surface area (Å²) in [6, 6.07) is 6.01. The molecule has 0 bridgehead atoms. The molecule has 3 nitrogen and oxygen atoms in total. The zero-order chi connectivity index (χ0) is 13.1. The highest BCUT2D eigenvalue weighted by molar-refractivity contribution is 7.13. The van der Waals surface area contributed by atoms with Crippen LogP contribution >= 0.6 is 11.3 Å². The van der Waals surface area contributed by atoms with Gasteiger partial charge < -0.3 is 4.74 Å². The molecule has 18 heavy (non-hydrogen) atoms. The molecule has 0 saturated heterocycles. The van der Waals surface area contributed by atoms with Crippen LogP contribution < -0.4 is 4.74 Å². The molecule has 2 aromatic rings. The Morgan fingerprint density at radius 1 is 1.39 bits per heavy atom. The van der Waals surface area contributed by atoms with E-state index in [2.05, 4.69) is 4.98 Å². The van der Waals surface area contributed by atoms with Gasteiger partial charge in [0.05, 0.1) is 12.3 Å². The number of hydrogen-bond donors (Lipinski definition) is 0. The lowest BCUT2D eigenvalue weighted by molar-refractivity contribution is 0.112. The van der Waals surface area contributed by atoms with Gasteiger partial charge in [-0.2, -0.15) is 0 Å². The number of nitrogens with zero attached hydrogens (tertiary/aromatic N) is 1. The molecular weight excluding hydrogens is 246 g/mol. The second kappa shape index (κ2) is 5.31. The summed E-state index contributed by atoms with van der Waals surface area (Å²) in [7, 11) is 0. The molecule has 1 aromatic heterocycles. The molecule has 0 fully saturated rings. The molecular formula is C14H15NO2S. The highest BCUT2D eigenvalue weighted by Crippen LogP contribution is 2.34. The van der Waals surface area contributed by atoms with Crippen LogP contribution in [0, 0.1) is 13.8 Å². The number of benzene rings is 1. The maximum Gasteiger partial charge on any atom is 0.178 e. The van der Waals surface area contributed by atoms with Crippen molar-refractivity contribution < 1.29 is 9.53 Å². The maximum atomic E-state index is 10.8. The van der Waals surface area contributed by atoms with Crippen LogP contribution in [0.3, 0.4) is 0 Å². The van der Waals surface area contributed by atoms with Crippen molar-refractivity contribution in [1.29, 1.82) is 0 Å². The first-order chi connectivity index (χ1) is 8.65. The lowest BCUT2D eigenvalue weighted by Gasteiger charge is -2.10. The quantitative estimate of drug-likeness (QED) is 0.789. The van der Waals surface area contributed by atoms with Crippen molar-refractivity contribution in [1.82, 2.24) is 4.98 Å². The Kier molecular flexibility index (Phi) is 3.77. The van der Waals surface area contributed by atoms with E-state index in [-0.39, 0.29) is 0 Å². The molecule has 0 aliphatic heterocycles. The van der Waals surface area contributed by atoms with Crippen molar-refractivity contribution in [3.8, 4) is 17.0 Å². The summed E-state index contributed by atoms with van der Waals surface area (Å²) in [5.74, 6) is 0.814. The predicted octanol–water partition coefficient (Wildman–Crippen LogP) is 3.64. The van der Waals surface area contributed by atoms with Crippen molar-refractivity contribution in [2.75, 3.05) is 6.61 Å². The zero-order valence-corrected chi connectivity index (χ0v) is 11.5. The van der Waals surface area contributed by atoms with Crippen LogP contribution in [0.4, 0.5) is 0 Å². The van der Waals surface area contributed by atoms with E-state index in [9.17, 15) is 4.79 Å². The van der Waals surface area contributed by atoms with Crippen LogP contribution in [0.2, 0.25) is 0 Å². The zero-order valence-electron chi connectivity index (χ0n) is 10.7. The second-order valence-corrected chi connectivity index (χ2v) is 5.24. The minimum Gasteiger partial charge on any atom is -0.493 e. The van der Waals surface area contributed by atoms with E-state index in [0.29, 0.717) is 11.6 Å². The number of thiazole rings is 1. The number of ether oxygens (including phenoxy) is 1. The second-order valence-electron chi connectivity index (χ2n) is 4.01. The number of rotatable bonds is 4. The third kappa shape index (κ3) is 2.43. The third-order valence-corrected chi connectivity index (χ3v) is 3.50. The van der Waals surface area contributed by atoms with Crippen molar-refractivity contribution in [3.05, 3.63) is 33.6 Å². The van der Waals surface area contributed by atoms with Crippen LogP contribution in [0.5, 0.6) is 5.75 Å². The Morgan fingerprint density at radius 3 is 2.78 bits per heavy atom. The molecule has 0 atom stereocenters. The van der Waals surface area contributed by atoms with Crippen LogP contribution in [-0.4, -0.2) is 17.9 Å². The van der Waals surface area contributed by atoms with Gasteiger partial charge in [0.2, 0.25) is 0 Å². The van der Waals surface area contributed by atoms with Gasteiger partial charge >= 0.3 is 0 Å². The minimum absolute atomic E-state index is 0.506. The van der Waals surface area contributed by atoms with Gasteiger partial charge in [-0.1, -0.05) is 11.6 Å². The number of aryl methyl sites for hydroxylation is 2. The molecule has 1 aromatic carbocycles. The lowest BCUT2D eigenvalue weighted by Crippen LogP contribution is -1.95. The minimum atomic E-state index is 0.506. The predicted molar refractivity (Wildman–Crippen MR) is 73.6 cm³/mol. The van der Waals surface area contributed by atoms with Crippen LogP contribution in [0.15, 0.2) is 18.2 Å². The molecule has 1 heterocycles. The van der Waals surface area contributed by atoms with Crippen molar-refractivity contribution in [3.63, 3.8) is 0 Å². The number of aromatic nitrogens is 1. The lowest BCUT2D eigenvalue weighted by atomic mass is 10.1. The Balaban J connectivity index is 2.56. The topological polar surface area (TPSA) is 39.2 Å². The van der Waals surface area contributed by atoms with Gasteiger partial charge in [-0.3, -0.25) is 4.79 Å². The standard InChI is InChI=1S/C14H15NO2S/c1-4-17-12-6-5-9(2)7-11(12)14-10(3)18-13(8-16)15-14/h5-8H,4H2,1-3H3. The summed E-state index contributed by atoms with van der Waals surface area (Å²) in [6.45, 7) is 6.56. The normalized spacial score (nSPS) is 10.4. The van der Waals surface area contributed by atoms with Crippen LogP contribution in [0.25, 0.3) is 11.3 Å². The smallest absolute Gasteiger partial charge is 0.178 e. The maximum absolute atomic E-state index is 10.8. The molecule has 94 valence electrons. The molecule has 0 unspecified atom stereocenters. The van der Waals surface area contributed by atoms with Gasteiger partial charge in [0.1, 0.15) is 5.75 Å². The highest BCUT2D eigenvalue weighted by Gasteiger charge is 2.14. The third-order valence-electron chi connectivity index (χ3n) is 2.60. The first-order valence-corrected chi connectivity index (χ1v) is 6.63. The van der Waals surface area contributed by atoms with E-state index in [0.717, 1.165) is 33.7 Å². The summed E-state index contributed by atoms with van der Waals surface area (Å²) >= 11 is 1.41. The van der Waals surface area contributed by atoms with Crippen LogP contribution in [0.1, 0.15) is 27.2 Å². The Morgan fingerprint density at radius 2 is 2.17 bits per heavy atom. The Bertz CT molecular complexity index is 575. The number of hydrogen-bond acceptors (Lipinski definition) is 4. The summed E-state index contributed by atoms with van der Waals surface area (Å²) in [5, 5.41) is 0.506. The fourth-order valence-corrected chi connectivity index (χ4v) is 2.58. The van der Waals surface area contributed by atoms with Gasteiger partial charge in [-0.25, -0.2) is 4.98 Å². The molecule has 2 rings (SSSR count). The van der Waals surface area contributed by atoms with E-state index in [1.807, 2.05) is 39.0 Å². The number of carbonyl (C=O) groups excluding carboxylic acids is 1. The Labute approximate surface area is 110 Å². The molecule has 4 heteroatoms. The van der Waals surface area contributed by atoms with E-state index in [1.54, 1.807) is 0 Å². The fraction of sp³-hybridized carbons (Fsp3) is 0.286. The monoisotopic (exact) mass is 261 g/mol. The van der Waals surface area contributed by atoms with Gasteiger partial charge in [0, 0.05) is 10.4 Å².